The smallest absolute Gasteiger partial charge is 0.417 e. The van der Waals surface area contributed by atoms with Gasteiger partial charge >= 0.3 is 6.18 Å². The quantitative estimate of drug-likeness (QED) is 0.656. The van der Waals surface area contributed by atoms with Crippen molar-refractivity contribution in [3.05, 3.63) is 59.8 Å². The molecule has 0 saturated heterocycles. The summed E-state index contributed by atoms with van der Waals surface area (Å²) >= 11 is 0. The maximum atomic E-state index is 13.6. The fourth-order valence-corrected chi connectivity index (χ4v) is 3.01. The standard InChI is InChI=1S/C20H15F3N2O4/c21-20(22,23)18-13-3-1-2-4-15(13)25-10-14(18)19(26)24-7-8-27-12-5-6-16-17(9-12)29-11-28-16/h1-6,9-10H,7-8,11H2,(H,24,26). The number of hydrogen-bond donors (Lipinski definition) is 1. The average Bonchev–Trinajstić information content (AvgIpc) is 3.17. The first kappa shape index (κ1) is 18.9. The van der Waals surface area contributed by atoms with Crippen LogP contribution in [0.3, 0.4) is 0 Å². The average molecular weight is 404 g/mol. The predicted octanol–water partition coefficient (Wildman–Crippen LogP) is 3.79. The number of ether oxygens (including phenoxy) is 3. The molecule has 150 valence electrons. The van der Waals surface area contributed by atoms with Gasteiger partial charge in [-0.2, -0.15) is 13.2 Å². The normalized spacial score (nSPS) is 12.8. The molecule has 29 heavy (non-hydrogen) atoms. The largest absolute Gasteiger partial charge is 0.492 e. The Bertz CT molecular complexity index is 1070. The topological polar surface area (TPSA) is 69.7 Å². The van der Waals surface area contributed by atoms with Gasteiger partial charge in [0.25, 0.3) is 5.91 Å². The van der Waals surface area contributed by atoms with E-state index in [-0.39, 0.29) is 30.8 Å². The Kier molecular flexibility index (Phi) is 4.87. The Hall–Kier alpha value is -3.49. The van der Waals surface area contributed by atoms with E-state index in [0.29, 0.717) is 17.2 Å². The van der Waals surface area contributed by atoms with Crippen molar-refractivity contribution in [1.29, 1.82) is 0 Å². The number of hydrogen-bond acceptors (Lipinski definition) is 5. The van der Waals surface area contributed by atoms with Gasteiger partial charge in [-0.25, -0.2) is 0 Å². The minimum atomic E-state index is -4.70. The second-order valence-electron chi connectivity index (χ2n) is 6.18. The molecule has 2 aromatic carbocycles. The molecule has 6 nitrogen and oxygen atoms in total. The number of para-hydroxylation sites is 1. The zero-order valence-electron chi connectivity index (χ0n) is 15.0. The van der Waals surface area contributed by atoms with Gasteiger partial charge in [-0.1, -0.05) is 18.2 Å². The highest BCUT2D eigenvalue weighted by Gasteiger charge is 2.37. The molecule has 0 atom stereocenters. The van der Waals surface area contributed by atoms with Crippen LogP contribution in [0.5, 0.6) is 17.2 Å². The summed E-state index contributed by atoms with van der Waals surface area (Å²) in [5, 5.41) is 2.32. The first-order chi connectivity index (χ1) is 13.9. The highest BCUT2D eigenvalue weighted by Crippen LogP contribution is 2.37. The van der Waals surface area contributed by atoms with E-state index < -0.39 is 23.2 Å². The maximum Gasteiger partial charge on any atom is 0.417 e. The molecule has 4 rings (SSSR count). The van der Waals surface area contributed by atoms with Crippen LogP contribution in [-0.2, 0) is 6.18 Å². The SMILES string of the molecule is O=C(NCCOc1ccc2c(c1)OCO2)c1cnc2ccccc2c1C(F)(F)F. The third-order valence-electron chi connectivity index (χ3n) is 4.30. The molecule has 3 aromatic rings. The van der Waals surface area contributed by atoms with Crippen LogP contribution in [-0.4, -0.2) is 30.8 Å². The summed E-state index contributed by atoms with van der Waals surface area (Å²) in [6.07, 6.45) is -3.75. The molecule has 0 radical (unpaired) electrons. The Balaban J connectivity index is 1.44. The summed E-state index contributed by atoms with van der Waals surface area (Å²) in [6, 6.07) is 10.8. The van der Waals surface area contributed by atoms with Crippen LogP contribution >= 0.6 is 0 Å². The minimum absolute atomic E-state index is 0.0113. The number of carbonyl (C=O) groups is 1. The van der Waals surface area contributed by atoms with Crippen molar-refractivity contribution in [2.45, 2.75) is 6.18 Å². The number of halogens is 3. The van der Waals surface area contributed by atoms with Crippen LogP contribution in [0.1, 0.15) is 15.9 Å². The second kappa shape index (κ2) is 7.50. The Morgan fingerprint density at radius 3 is 2.76 bits per heavy atom. The first-order valence-corrected chi connectivity index (χ1v) is 8.69. The van der Waals surface area contributed by atoms with Gasteiger partial charge in [0.1, 0.15) is 12.4 Å². The molecule has 1 aliphatic rings. The minimum Gasteiger partial charge on any atom is -0.492 e. The van der Waals surface area contributed by atoms with Gasteiger partial charge in [-0.05, 0) is 18.2 Å². The highest BCUT2D eigenvalue weighted by atomic mass is 19.4. The Morgan fingerprint density at radius 1 is 1.14 bits per heavy atom. The van der Waals surface area contributed by atoms with E-state index in [1.807, 2.05) is 0 Å². The lowest BCUT2D eigenvalue weighted by Gasteiger charge is -2.15. The number of rotatable bonds is 5. The van der Waals surface area contributed by atoms with E-state index in [2.05, 4.69) is 10.3 Å². The molecular weight excluding hydrogens is 389 g/mol. The molecule has 0 bridgehead atoms. The summed E-state index contributed by atoms with van der Waals surface area (Å²) in [6.45, 7) is 0.210. The summed E-state index contributed by atoms with van der Waals surface area (Å²) in [7, 11) is 0. The van der Waals surface area contributed by atoms with E-state index in [0.717, 1.165) is 6.20 Å². The number of aromatic nitrogens is 1. The van der Waals surface area contributed by atoms with Gasteiger partial charge in [0.15, 0.2) is 11.5 Å². The molecule has 1 aromatic heterocycles. The number of nitrogens with zero attached hydrogens (tertiary/aromatic N) is 1. The lowest BCUT2D eigenvalue weighted by molar-refractivity contribution is -0.136. The van der Waals surface area contributed by atoms with Gasteiger partial charge < -0.3 is 19.5 Å². The summed E-state index contributed by atoms with van der Waals surface area (Å²) in [5.74, 6) is 0.773. The van der Waals surface area contributed by atoms with Crippen LogP contribution in [0.25, 0.3) is 10.9 Å². The van der Waals surface area contributed by atoms with Crippen LogP contribution in [0.2, 0.25) is 0 Å². The number of alkyl halides is 3. The number of carbonyl (C=O) groups excluding carboxylic acids is 1. The lowest BCUT2D eigenvalue weighted by Crippen LogP contribution is -2.30. The number of amides is 1. The lowest BCUT2D eigenvalue weighted by atomic mass is 10.0. The van der Waals surface area contributed by atoms with Crippen molar-refractivity contribution in [3.63, 3.8) is 0 Å². The molecule has 1 aliphatic heterocycles. The number of pyridine rings is 1. The maximum absolute atomic E-state index is 13.6. The summed E-state index contributed by atoms with van der Waals surface area (Å²) < 4.78 is 56.7. The molecule has 1 N–H and O–H groups in total. The Labute approximate surface area is 163 Å². The van der Waals surface area contributed by atoms with Crippen molar-refractivity contribution in [3.8, 4) is 17.2 Å². The molecule has 9 heteroatoms. The zero-order chi connectivity index (χ0) is 20.4. The molecule has 2 heterocycles. The predicted molar refractivity (Wildman–Crippen MR) is 97.1 cm³/mol. The van der Waals surface area contributed by atoms with E-state index in [1.54, 1.807) is 24.3 Å². The molecular formula is C20H15F3N2O4. The van der Waals surface area contributed by atoms with Gasteiger partial charge in [0.05, 0.1) is 23.2 Å². The monoisotopic (exact) mass is 404 g/mol. The molecule has 0 saturated carbocycles. The van der Waals surface area contributed by atoms with Crippen molar-refractivity contribution in [1.82, 2.24) is 10.3 Å². The van der Waals surface area contributed by atoms with Crippen molar-refractivity contribution >= 4 is 16.8 Å². The zero-order valence-corrected chi connectivity index (χ0v) is 15.0. The van der Waals surface area contributed by atoms with Gasteiger partial charge in [0, 0.05) is 17.6 Å². The number of nitrogens with one attached hydrogen (secondary N) is 1. The van der Waals surface area contributed by atoms with E-state index in [4.69, 9.17) is 14.2 Å². The first-order valence-electron chi connectivity index (χ1n) is 8.69. The summed E-state index contributed by atoms with van der Waals surface area (Å²) in [4.78, 5) is 16.3. The number of fused-ring (bicyclic) bond motifs is 2. The third kappa shape index (κ3) is 3.89. The van der Waals surface area contributed by atoms with Gasteiger partial charge in [-0.3, -0.25) is 9.78 Å². The fourth-order valence-electron chi connectivity index (χ4n) is 3.01. The van der Waals surface area contributed by atoms with E-state index in [1.165, 1.54) is 18.2 Å². The number of benzene rings is 2. The highest BCUT2D eigenvalue weighted by molar-refractivity contribution is 6.00. The van der Waals surface area contributed by atoms with Crippen LogP contribution in [0.15, 0.2) is 48.7 Å². The van der Waals surface area contributed by atoms with Crippen molar-refractivity contribution in [2.75, 3.05) is 19.9 Å². The van der Waals surface area contributed by atoms with Crippen LogP contribution in [0, 0.1) is 0 Å². The molecule has 0 unspecified atom stereocenters. The Morgan fingerprint density at radius 2 is 1.93 bits per heavy atom. The second-order valence-corrected chi connectivity index (χ2v) is 6.18. The molecule has 0 fully saturated rings. The molecule has 0 spiro atoms. The van der Waals surface area contributed by atoms with Gasteiger partial charge in [-0.15, -0.1) is 0 Å². The molecule has 1 amide bonds. The van der Waals surface area contributed by atoms with Crippen molar-refractivity contribution < 1.29 is 32.2 Å². The van der Waals surface area contributed by atoms with Crippen molar-refractivity contribution in [2.24, 2.45) is 0 Å². The molecule has 0 aliphatic carbocycles. The fraction of sp³-hybridized carbons (Fsp3) is 0.200. The third-order valence-corrected chi connectivity index (χ3v) is 4.30. The van der Waals surface area contributed by atoms with E-state index in [9.17, 15) is 18.0 Å². The van der Waals surface area contributed by atoms with Crippen LogP contribution in [0.4, 0.5) is 13.2 Å². The van der Waals surface area contributed by atoms with Gasteiger partial charge in [0.2, 0.25) is 6.79 Å². The summed E-state index contributed by atoms with van der Waals surface area (Å²) in [5.41, 5.74) is -1.36. The van der Waals surface area contributed by atoms with E-state index >= 15 is 0 Å². The van der Waals surface area contributed by atoms with Crippen LogP contribution < -0.4 is 19.5 Å².